The molecule has 0 radical (unpaired) electrons. The number of aliphatic hydroxyl groups excluding tert-OH is 1. The number of hydrogen-bond donors (Lipinski definition) is 1. The van der Waals surface area contributed by atoms with Gasteiger partial charge in [0.2, 0.25) is 0 Å². The van der Waals surface area contributed by atoms with Crippen molar-refractivity contribution in [2.75, 3.05) is 0 Å². The maximum absolute atomic E-state index is 13.0. The predicted octanol–water partition coefficient (Wildman–Crippen LogP) is 4.41. The third kappa shape index (κ3) is 3.22. The van der Waals surface area contributed by atoms with Gasteiger partial charge in [0.05, 0.1) is 11.1 Å². The summed E-state index contributed by atoms with van der Waals surface area (Å²) in [7, 11) is 0. The van der Waals surface area contributed by atoms with Gasteiger partial charge in [0.15, 0.2) is 0 Å². The van der Waals surface area contributed by atoms with E-state index in [1.54, 1.807) is 12.1 Å². The molecule has 1 N–H and O–H groups in total. The zero-order valence-electron chi connectivity index (χ0n) is 9.41. The van der Waals surface area contributed by atoms with Crippen LogP contribution in [0.2, 0.25) is 10.0 Å². The lowest BCUT2D eigenvalue weighted by molar-refractivity contribution is 0.178. The summed E-state index contributed by atoms with van der Waals surface area (Å²) in [4.78, 5) is 0. The van der Waals surface area contributed by atoms with E-state index in [1.807, 2.05) is 12.1 Å². The van der Waals surface area contributed by atoms with Gasteiger partial charge in [0.25, 0.3) is 0 Å². The van der Waals surface area contributed by atoms with Crippen LogP contribution >= 0.6 is 23.2 Å². The third-order valence-electron chi connectivity index (χ3n) is 2.65. The van der Waals surface area contributed by atoms with Gasteiger partial charge in [-0.3, -0.25) is 0 Å². The Morgan fingerprint density at radius 3 is 2.56 bits per heavy atom. The molecule has 0 aromatic heterocycles. The van der Waals surface area contributed by atoms with Crippen LogP contribution in [-0.4, -0.2) is 5.11 Å². The Bertz CT molecular complexity index is 557. The first-order chi connectivity index (χ1) is 8.56. The molecular weight excluding hydrogens is 274 g/mol. The molecule has 0 amide bonds. The fourth-order valence-corrected chi connectivity index (χ4v) is 2.13. The van der Waals surface area contributed by atoms with Crippen LogP contribution in [-0.2, 0) is 6.42 Å². The second-order valence-corrected chi connectivity index (χ2v) is 4.87. The van der Waals surface area contributed by atoms with E-state index in [-0.39, 0.29) is 5.02 Å². The second kappa shape index (κ2) is 5.70. The molecule has 1 atom stereocenters. The van der Waals surface area contributed by atoms with Crippen LogP contribution in [0.5, 0.6) is 0 Å². The minimum atomic E-state index is -0.735. The van der Waals surface area contributed by atoms with Gasteiger partial charge in [0.1, 0.15) is 5.82 Å². The Hall–Kier alpha value is -1.09. The molecule has 2 aromatic rings. The normalized spacial score (nSPS) is 12.4. The zero-order chi connectivity index (χ0) is 13.1. The van der Waals surface area contributed by atoms with Crippen LogP contribution in [0.25, 0.3) is 0 Å². The summed E-state index contributed by atoms with van der Waals surface area (Å²) in [5.74, 6) is -0.490. The molecule has 0 heterocycles. The summed E-state index contributed by atoms with van der Waals surface area (Å²) < 4.78 is 13.0. The average molecular weight is 285 g/mol. The number of aliphatic hydroxyl groups is 1. The summed E-state index contributed by atoms with van der Waals surface area (Å²) in [6.07, 6.45) is -0.329. The van der Waals surface area contributed by atoms with E-state index in [1.165, 1.54) is 18.2 Å². The Kier molecular flexibility index (Phi) is 4.23. The fraction of sp³-hybridized carbons (Fsp3) is 0.143. The van der Waals surface area contributed by atoms with Gasteiger partial charge < -0.3 is 5.11 Å². The van der Waals surface area contributed by atoms with Crippen molar-refractivity contribution in [3.05, 3.63) is 69.5 Å². The van der Waals surface area contributed by atoms with E-state index in [0.29, 0.717) is 17.0 Å². The molecule has 2 rings (SSSR count). The van der Waals surface area contributed by atoms with E-state index in [0.717, 1.165) is 5.56 Å². The lowest BCUT2D eigenvalue weighted by Crippen LogP contribution is -2.02. The molecule has 0 aliphatic carbocycles. The molecule has 0 aliphatic heterocycles. The highest BCUT2D eigenvalue weighted by Gasteiger charge is 2.11. The summed E-state index contributed by atoms with van der Waals surface area (Å²) in [6, 6.07) is 11.5. The summed E-state index contributed by atoms with van der Waals surface area (Å²) in [5, 5.41) is 10.7. The van der Waals surface area contributed by atoms with E-state index in [4.69, 9.17) is 23.2 Å². The molecule has 1 unspecified atom stereocenters. The molecule has 0 aliphatic rings. The molecule has 94 valence electrons. The van der Waals surface area contributed by atoms with Gasteiger partial charge in [-0.25, -0.2) is 4.39 Å². The quantitative estimate of drug-likeness (QED) is 0.885. The van der Waals surface area contributed by atoms with Crippen LogP contribution in [0, 0.1) is 5.82 Å². The van der Waals surface area contributed by atoms with Crippen LogP contribution in [0.1, 0.15) is 17.2 Å². The first kappa shape index (κ1) is 13.3. The molecule has 0 fully saturated rings. The smallest absolute Gasteiger partial charge is 0.141 e. The van der Waals surface area contributed by atoms with Gasteiger partial charge >= 0.3 is 0 Å². The van der Waals surface area contributed by atoms with Crippen LogP contribution in [0.3, 0.4) is 0 Å². The molecule has 0 spiro atoms. The van der Waals surface area contributed by atoms with Gasteiger partial charge in [-0.15, -0.1) is 0 Å². The molecule has 4 heteroatoms. The molecular formula is C14H11Cl2FO. The Morgan fingerprint density at radius 1 is 1.11 bits per heavy atom. The molecule has 18 heavy (non-hydrogen) atoms. The van der Waals surface area contributed by atoms with Crippen LogP contribution in [0.4, 0.5) is 4.39 Å². The Balaban J connectivity index is 2.16. The Labute approximate surface area is 115 Å². The summed E-state index contributed by atoms with van der Waals surface area (Å²) in [6.45, 7) is 0. The van der Waals surface area contributed by atoms with Crippen molar-refractivity contribution >= 4 is 23.2 Å². The summed E-state index contributed by atoms with van der Waals surface area (Å²) in [5.41, 5.74) is 1.50. The number of halogens is 3. The zero-order valence-corrected chi connectivity index (χ0v) is 10.9. The van der Waals surface area contributed by atoms with E-state index < -0.39 is 11.9 Å². The van der Waals surface area contributed by atoms with Gasteiger partial charge in [-0.05, 0) is 35.4 Å². The minimum Gasteiger partial charge on any atom is -0.388 e. The van der Waals surface area contributed by atoms with Crippen molar-refractivity contribution in [1.29, 1.82) is 0 Å². The van der Waals surface area contributed by atoms with Crippen molar-refractivity contribution in [2.45, 2.75) is 12.5 Å². The van der Waals surface area contributed by atoms with E-state index in [9.17, 15) is 9.50 Å². The molecule has 1 nitrogen and oxygen atoms in total. The lowest BCUT2D eigenvalue weighted by Gasteiger charge is -2.12. The van der Waals surface area contributed by atoms with Crippen molar-refractivity contribution in [3.8, 4) is 0 Å². The van der Waals surface area contributed by atoms with E-state index >= 15 is 0 Å². The van der Waals surface area contributed by atoms with Crippen LogP contribution < -0.4 is 0 Å². The number of benzene rings is 2. The lowest BCUT2D eigenvalue weighted by atomic mass is 10.0. The van der Waals surface area contributed by atoms with Crippen molar-refractivity contribution < 1.29 is 9.50 Å². The van der Waals surface area contributed by atoms with Crippen molar-refractivity contribution in [2.24, 2.45) is 0 Å². The first-order valence-corrected chi connectivity index (χ1v) is 6.19. The van der Waals surface area contributed by atoms with Gasteiger partial charge in [-0.2, -0.15) is 0 Å². The van der Waals surface area contributed by atoms with Crippen molar-refractivity contribution in [3.63, 3.8) is 0 Å². The second-order valence-electron chi connectivity index (χ2n) is 4.02. The number of rotatable bonds is 3. The van der Waals surface area contributed by atoms with Gasteiger partial charge in [-0.1, -0.05) is 41.4 Å². The predicted molar refractivity (Wildman–Crippen MR) is 71.5 cm³/mol. The Morgan fingerprint density at radius 2 is 1.89 bits per heavy atom. The minimum absolute atomic E-state index is 0.0117. The highest BCUT2D eigenvalue weighted by Crippen LogP contribution is 2.24. The summed E-state index contributed by atoms with van der Waals surface area (Å²) >= 11 is 11.5. The van der Waals surface area contributed by atoms with E-state index in [2.05, 4.69) is 0 Å². The van der Waals surface area contributed by atoms with Gasteiger partial charge in [0, 0.05) is 11.4 Å². The highest BCUT2D eigenvalue weighted by atomic mass is 35.5. The highest BCUT2D eigenvalue weighted by molar-refractivity contribution is 6.31. The SMILES string of the molecule is OC(Cc1cccc(Cl)c1)c1ccc(F)c(Cl)c1. The monoisotopic (exact) mass is 284 g/mol. The van der Waals surface area contributed by atoms with Crippen LogP contribution in [0.15, 0.2) is 42.5 Å². The molecule has 0 saturated carbocycles. The number of hydrogen-bond acceptors (Lipinski definition) is 1. The average Bonchev–Trinajstić information content (AvgIpc) is 2.32. The maximum Gasteiger partial charge on any atom is 0.141 e. The third-order valence-corrected chi connectivity index (χ3v) is 3.17. The first-order valence-electron chi connectivity index (χ1n) is 5.44. The topological polar surface area (TPSA) is 20.2 Å². The maximum atomic E-state index is 13.0. The van der Waals surface area contributed by atoms with Crippen molar-refractivity contribution in [1.82, 2.24) is 0 Å². The fourth-order valence-electron chi connectivity index (χ4n) is 1.72. The molecule has 0 bridgehead atoms. The molecule has 2 aromatic carbocycles. The molecule has 0 saturated heterocycles. The standard InChI is InChI=1S/C14H11Cl2FO/c15-11-3-1-2-9(6-11)7-14(18)10-4-5-13(17)12(16)8-10/h1-6,8,14,18H,7H2. The largest absolute Gasteiger partial charge is 0.388 e.